The lowest BCUT2D eigenvalue weighted by Crippen LogP contribution is -2.37. The van der Waals surface area contributed by atoms with Gasteiger partial charge in [-0.3, -0.25) is 9.59 Å². The predicted molar refractivity (Wildman–Crippen MR) is 57.2 cm³/mol. The van der Waals surface area contributed by atoms with Crippen LogP contribution in [-0.4, -0.2) is 30.2 Å². The van der Waals surface area contributed by atoms with Gasteiger partial charge in [0.15, 0.2) is 0 Å². The highest BCUT2D eigenvalue weighted by Crippen LogP contribution is 2.28. The van der Waals surface area contributed by atoms with Crippen molar-refractivity contribution >= 4 is 24.4 Å². The third kappa shape index (κ3) is 4.00. The van der Waals surface area contributed by atoms with Crippen molar-refractivity contribution in [2.24, 2.45) is 5.92 Å². The van der Waals surface area contributed by atoms with Gasteiger partial charge in [0, 0.05) is 19.0 Å². The number of thiol groups is 1. The highest BCUT2D eigenvalue weighted by atomic mass is 32.1. The Morgan fingerprint density at radius 2 is 1.93 bits per heavy atom. The highest BCUT2D eigenvalue weighted by Gasteiger charge is 2.28. The van der Waals surface area contributed by atoms with Gasteiger partial charge < -0.3 is 10.6 Å². The predicted octanol–water partition coefficient (Wildman–Crippen LogP) is -0.0529. The zero-order chi connectivity index (χ0) is 10.6. The monoisotopic (exact) mass is 216 g/mol. The van der Waals surface area contributed by atoms with Crippen molar-refractivity contribution in [2.45, 2.75) is 25.0 Å². The van der Waals surface area contributed by atoms with Crippen molar-refractivity contribution in [1.82, 2.24) is 10.6 Å². The largest absolute Gasteiger partial charge is 0.354 e. The molecule has 0 spiro atoms. The SMILES string of the molecule is CC(S)C(=O)NCCNC(=O)C1CC1. The Balaban J connectivity index is 1.98. The summed E-state index contributed by atoms with van der Waals surface area (Å²) in [5.74, 6) is 0.238. The van der Waals surface area contributed by atoms with Gasteiger partial charge in [0.1, 0.15) is 0 Å². The summed E-state index contributed by atoms with van der Waals surface area (Å²) in [5.41, 5.74) is 0. The number of carbonyl (C=O) groups excluding carboxylic acids is 2. The molecule has 0 radical (unpaired) electrons. The molecule has 0 aromatic carbocycles. The molecule has 1 saturated carbocycles. The van der Waals surface area contributed by atoms with Gasteiger partial charge in [-0.2, -0.15) is 12.6 Å². The van der Waals surface area contributed by atoms with Gasteiger partial charge in [-0.15, -0.1) is 0 Å². The molecule has 1 rings (SSSR count). The van der Waals surface area contributed by atoms with Crippen LogP contribution >= 0.6 is 12.6 Å². The van der Waals surface area contributed by atoms with Crippen LogP contribution in [0.5, 0.6) is 0 Å². The molecule has 80 valence electrons. The summed E-state index contributed by atoms with van der Waals surface area (Å²) in [6, 6.07) is 0. The first kappa shape index (κ1) is 11.4. The van der Waals surface area contributed by atoms with E-state index in [-0.39, 0.29) is 23.0 Å². The quantitative estimate of drug-likeness (QED) is 0.446. The van der Waals surface area contributed by atoms with E-state index in [1.807, 2.05) is 0 Å². The normalized spacial score (nSPS) is 17.3. The van der Waals surface area contributed by atoms with Crippen molar-refractivity contribution < 1.29 is 9.59 Å². The van der Waals surface area contributed by atoms with E-state index in [4.69, 9.17) is 0 Å². The molecular weight excluding hydrogens is 200 g/mol. The molecule has 1 aliphatic rings. The second-order valence-corrected chi connectivity index (χ2v) is 4.31. The number of rotatable bonds is 5. The van der Waals surface area contributed by atoms with Crippen LogP contribution in [-0.2, 0) is 9.59 Å². The Bertz CT molecular complexity index is 211. The van der Waals surface area contributed by atoms with Crippen LogP contribution in [0, 0.1) is 5.92 Å². The Morgan fingerprint density at radius 3 is 2.43 bits per heavy atom. The molecule has 1 aliphatic carbocycles. The second-order valence-electron chi connectivity index (χ2n) is 3.53. The van der Waals surface area contributed by atoms with Crippen LogP contribution in [0.1, 0.15) is 19.8 Å². The zero-order valence-electron chi connectivity index (χ0n) is 8.25. The minimum Gasteiger partial charge on any atom is -0.354 e. The molecule has 0 heterocycles. The van der Waals surface area contributed by atoms with E-state index < -0.39 is 0 Å². The molecule has 0 aromatic heterocycles. The van der Waals surface area contributed by atoms with Gasteiger partial charge in [-0.1, -0.05) is 0 Å². The summed E-state index contributed by atoms with van der Waals surface area (Å²) in [6.45, 7) is 2.69. The van der Waals surface area contributed by atoms with Crippen molar-refractivity contribution in [3.8, 4) is 0 Å². The van der Waals surface area contributed by atoms with Crippen LogP contribution in [0.15, 0.2) is 0 Å². The fraction of sp³-hybridized carbons (Fsp3) is 0.778. The van der Waals surface area contributed by atoms with E-state index in [1.54, 1.807) is 6.92 Å². The minimum absolute atomic E-state index is 0.103. The smallest absolute Gasteiger partial charge is 0.232 e. The number of carbonyl (C=O) groups is 2. The lowest BCUT2D eigenvalue weighted by atomic mass is 10.4. The summed E-state index contributed by atoms with van der Waals surface area (Å²) in [5, 5.41) is 5.13. The molecule has 14 heavy (non-hydrogen) atoms. The van der Waals surface area contributed by atoms with Crippen LogP contribution in [0.4, 0.5) is 0 Å². The van der Waals surface area contributed by atoms with E-state index in [2.05, 4.69) is 23.3 Å². The second kappa shape index (κ2) is 5.24. The van der Waals surface area contributed by atoms with E-state index in [0.717, 1.165) is 12.8 Å². The van der Waals surface area contributed by atoms with Crippen molar-refractivity contribution in [3.63, 3.8) is 0 Å². The molecule has 0 aromatic rings. The molecule has 0 bridgehead atoms. The molecule has 1 atom stereocenters. The summed E-state index contributed by atoms with van der Waals surface area (Å²) >= 11 is 3.98. The summed E-state index contributed by atoms with van der Waals surface area (Å²) in [6.07, 6.45) is 2.01. The molecule has 1 unspecified atom stereocenters. The van der Waals surface area contributed by atoms with Gasteiger partial charge in [-0.25, -0.2) is 0 Å². The molecule has 0 saturated heterocycles. The maximum absolute atomic E-state index is 11.1. The van der Waals surface area contributed by atoms with Crippen molar-refractivity contribution in [3.05, 3.63) is 0 Å². The van der Waals surface area contributed by atoms with Crippen molar-refractivity contribution in [1.29, 1.82) is 0 Å². The van der Waals surface area contributed by atoms with Crippen LogP contribution in [0.3, 0.4) is 0 Å². The third-order valence-corrected chi connectivity index (χ3v) is 2.29. The fourth-order valence-electron chi connectivity index (χ4n) is 1.01. The first-order valence-electron chi connectivity index (χ1n) is 4.84. The maximum Gasteiger partial charge on any atom is 0.232 e. The molecule has 0 aliphatic heterocycles. The van der Waals surface area contributed by atoms with Gasteiger partial charge in [-0.05, 0) is 19.8 Å². The fourth-order valence-corrected chi connectivity index (χ4v) is 1.10. The van der Waals surface area contributed by atoms with Crippen LogP contribution in [0.25, 0.3) is 0 Å². The summed E-state index contributed by atoms with van der Waals surface area (Å²) < 4.78 is 0. The average Bonchev–Trinajstić information content (AvgIpc) is 2.94. The van der Waals surface area contributed by atoms with E-state index in [0.29, 0.717) is 13.1 Å². The van der Waals surface area contributed by atoms with Gasteiger partial charge in [0.2, 0.25) is 11.8 Å². The van der Waals surface area contributed by atoms with Crippen LogP contribution < -0.4 is 10.6 Å². The Hall–Kier alpha value is -0.710. The van der Waals surface area contributed by atoms with E-state index in [9.17, 15) is 9.59 Å². The van der Waals surface area contributed by atoms with Gasteiger partial charge >= 0.3 is 0 Å². The van der Waals surface area contributed by atoms with Gasteiger partial charge in [0.25, 0.3) is 0 Å². The molecule has 4 nitrogen and oxygen atoms in total. The van der Waals surface area contributed by atoms with E-state index >= 15 is 0 Å². The molecule has 2 N–H and O–H groups in total. The first-order valence-corrected chi connectivity index (χ1v) is 5.36. The lowest BCUT2D eigenvalue weighted by Gasteiger charge is -2.07. The maximum atomic E-state index is 11.1. The lowest BCUT2D eigenvalue weighted by molar-refractivity contribution is -0.123. The summed E-state index contributed by atoms with van der Waals surface area (Å²) in [4.78, 5) is 22.2. The molecular formula is C9H16N2O2S. The standard InChI is InChI=1S/C9H16N2O2S/c1-6(14)8(12)10-4-5-11-9(13)7-2-3-7/h6-7,14H,2-5H2,1H3,(H,10,12)(H,11,13). The zero-order valence-corrected chi connectivity index (χ0v) is 9.14. The Kier molecular flexibility index (Phi) is 4.25. The number of hydrogen-bond acceptors (Lipinski definition) is 3. The first-order chi connectivity index (χ1) is 6.61. The highest BCUT2D eigenvalue weighted by molar-refractivity contribution is 7.81. The summed E-state index contributed by atoms with van der Waals surface area (Å²) in [7, 11) is 0. The third-order valence-electron chi connectivity index (χ3n) is 2.05. The van der Waals surface area contributed by atoms with Gasteiger partial charge in [0.05, 0.1) is 5.25 Å². The van der Waals surface area contributed by atoms with E-state index in [1.165, 1.54) is 0 Å². The Labute approximate surface area is 89.2 Å². The number of nitrogens with one attached hydrogen (secondary N) is 2. The molecule has 1 fully saturated rings. The average molecular weight is 216 g/mol. The Morgan fingerprint density at radius 1 is 1.36 bits per heavy atom. The van der Waals surface area contributed by atoms with Crippen molar-refractivity contribution in [2.75, 3.05) is 13.1 Å². The molecule has 2 amide bonds. The molecule has 5 heteroatoms. The number of hydrogen-bond donors (Lipinski definition) is 3. The minimum atomic E-state index is -0.297. The topological polar surface area (TPSA) is 58.2 Å². The van der Waals surface area contributed by atoms with Crippen LogP contribution in [0.2, 0.25) is 0 Å². The number of amides is 2.